The summed E-state index contributed by atoms with van der Waals surface area (Å²) in [7, 11) is 0. The van der Waals surface area contributed by atoms with E-state index in [1.807, 2.05) is 23.6 Å². The molecule has 2 fully saturated rings. The highest BCUT2D eigenvalue weighted by molar-refractivity contribution is 7.13. The second-order valence-electron chi connectivity index (χ2n) is 7.74. The summed E-state index contributed by atoms with van der Waals surface area (Å²) in [6, 6.07) is 9.79. The van der Waals surface area contributed by atoms with Crippen molar-refractivity contribution in [2.24, 2.45) is 0 Å². The average Bonchev–Trinajstić information content (AvgIpc) is 3.54. The number of hydrogen-bond acceptors (Lipinski definition) is 8. The summed E-state index contributed by atoms with van der Waals surface area (Å²) in [4.78, 5) is 22.1. The zero-order valence-electron chi connectivity index (χ0n) is 17.5. The number of aromatic nitrogens is 2. The fraction of sp³-hybridized carbons (Fsp3) is 0.318. The number of benzene rings is 1. The van der Waals surface area contributed by atoms with E-state index in [4.69, 9.17) is 14.2 Å². The number of halogens is 3. The van der Waals surface area contributed by atoms with Gasteiger partial charge < -0.3 is 19.5 Å². The highest BCUT2D eigenvalue weighted by Crippen LogP contribution is 2.32. The largest absolute Gasteiger partial charge is 0.441 e. The van der Waals surface area contributed by atoms with E-state index in [2.05, 4.69) is 20.6 Å². The van der Waals surface area contributed by atoms with Gasteiger partial charge in [-0.25, -0.2) is 14.8 Å². The van der Waals surface area contributed by atoms with Gasteiger partial charge in [-0.2, -0.15) is 13.2 Å². The van der Waals surface area contributed by atoms with E-state index < -0.39 is 36.1 Å². The number of thiophene rings is 1. The van der Waals surface area contributed by atoms with Gasteiger partial charge in [0.1, 0.15) is 12.2 Å². The predicted molar refractivity (Wildman–Crippen MR) is 118 cm³/mol. The van der Waals surface area contributed by atoms with Gasteiger partial charge in [-0.1, -0.05) is 12.1 Å². The maximum Gasteiger partial charge on any atom is 0.416 e. The number of amides is 1. The Balaban J connectivity index is 1.18. The van der Waals surface area contributed by atoms with Crippen molar-refractivity contribution in [3.8, 4) is 10.6 Å². The first-order valence-corrected chi connectivity index (χ1v) is 11.3. The monoisotopic (exact) mass is 492 g/mol. The molecule has 8 nitrogen and oxygen atoms in total. The topological polar surface area (TPSA) is 94.6 Å². The van der Waals surface area contributed by atoms with Crippen molar-refractivity contribution in [2.75, 3.05) is 23.8 Å². The summed E-state index contributed by atoms with van der Waals surface area (Å²) >= 11 is 1.57. The van der Waals surface area contributed by atoms with Crippen LogP contribution >= 0.6 is 11.3 Å². The molecule has 1 amide bonds. The Bertz CT molecular complexity index is 1160. The van der Waals surface area contributed by atoms with E-state index in [0.29, 0.717) is 5.95 Å². The van der Waals surface area contributed by atoms with Crippen LogP contribution in [0.15, 0.2) is 54.0 Å². The van der Waals surface area contributed by atoms with Crippen LogP contribution in [0.5, 0.6) is 0 Å². The number of nitrogens with zero attached hydrogens (tertiary/aromatic N) is 2. The van der Waals surface area contributed by atoms with Gasteiger partial charge in [-0.15, -0.1) is 11.3 Å². The van der Waals surface area contributed by atoms with Gasteiger partial charge in [-0.3, -0.25) is 5.32 Å². The number of rotatable bonds is 5. The van der Waals surface area contributed by atoms with Crippen molar-refractivity contribution < 1.29 is 32.2 Å². The lowest BCUT2D eigenvalue weighted by molar-refractivity contribution is -0.137. The molecule has 2 saturated heterocycles. The molecule has 3 aromatic rings. The number of hydrogen-bond donors (Lipinski definition) is 2. The Morgan fingerprint density at radius 1 is 1.12 bits per heavy atom. The molecular formula is C22H19F3N4O4S. The summed E-state index contributed by atoms with van der Waals surface area (Å²) < 4.78 is 55.6. The Hall–Kier alpha value is -3.22. The number of fused-ring (bicyclic) bond motifs is 1. The maximum atomic E-state index is 12.9. The third-order valence-electron chi connectivity index (χ3n) is 5.45. The van der Waals surface area contributed by atoms with Crippen molar-refractivity contribution in [1.29, 1.82) is 0 Å². The van der Waals surface area contributed by atoms with Crippen LogP contribution in [0.4, 0.5) is 29.6 Å². The molecule has 4 atom stereocenters. The first kappa shape index (κ1) is 22.6. The van der Waals surface area contributed by atoms with E-state index in [-0.39, 0.29) is 24.9 Å². The smallest absolute Gasteiger partial charge is 0.416 e. The second kappa shape index (κ2) is 9.20. The molecular weight excluding hydrogens is 473 g/mol. The van der Waals surface area contributed by atoms with Crippen molar-refractivity contribution in [1.82, 2.24) is 9.97 Å². The summed E-state index contributed by atoms with van der Waals surface area (Å²) in [5.41, 5.74) is -0.0966. The second-order valence-corrected chi connectivity index (χ2v) is 8.68. The highest BCUT2D eigenvalue weighted by atomic mass is 32.1. The van der Waals surface area contributed by atoms with Gasteiger partial charge in [0, 0.05) is 11.9 Å². The molecule has 0 saturated carbocycles. The standard InChI is InChI=1S/C22H19F3N4O4S/c23-22(24,25)12-3-1-4-13(9-12)27-21(30)33-16-11-32-18-15(10-31-19(16)18)29-20-26-7-6-14(28-20)17-5-2-8-34-17/h1-9,15-16,18-19H,10-11H2,(H,27,30)(H,26,28,29)/t15-,16-,18-,19+/m0/s1. The zero-order valence-corrected chi connectivity index (χ0v) is 18.3. The molecule has 1 aromatic carbocycles. The molecule has 34 heavy (non-hydrogen) atoms. The number of carbonyl (C=O) groups excluding carboxylic acids is 1. The number of alkyl halides is 3. The SMILES string of the molecule is O=C(Nc1cccc(C(F)(F)F)c1)O[C@H]1CO[C@@H]2[C@@H]1OC[C@@H]2Nc1nccc(-c2cccs2)n1. The van der Waals surface area contributed by atoms with Crippen LogP contribution in [0.2, 0.25) is 0 Å². The van der Waals surface area contributed by atoms with Gasteiger partial charge in [0.2, 0.25) is 5.95 Å². The highest BCUT2D eigenvalue weighted by Gasteiger charge is 2.49. The molecule has 2 aliphatic rings. The van der Waals surface area contributed by atoms with Crippen LogP contribution in [0.25, 0.3) is 10.6 Å². The molecule has 0 spiro atoms. The van der Waals surface area contributed by atoms with E-state index in [1.54, 1.807) is 17.5 Å². The van der Waals surface area contributed by atoms with Gasteiger partial charge in [0.15, 0.2) is 6.10 Å². The predicted octanol–water partition coefficient (Wildman–Crippen LogP) is 4.42. The van der Waals surface area contributed by atoms with Crippen molar-refractivity contribution in [2.45, 2.75) is 30.5 Å². The third kappa shape index (κ3) is 4.83. The van der Waals surface area contributed by atoms with Gasteiger partial charge in [0.05, 0.1) is 35.4 Å². The van der Waals surface area contributed by atoms with Crippen molar-refractivity contribution >= 4 is 29.1 Å². The Kier molecular flexibility index (Phi) is 6.11. The zero-order chi connectivity index (χ0) is 23.7. The molecule has 2 aromatic heterocycles. The van der Waals surface area contributed by atoms with Crippen LogP contribution in [-0.2, 0) is 20.4 Å². The van der Waals surface area contributed by atoms with Crippen molar-refractivity contribution in [3.05, 3.63) is 59.6 Å². The molecule has 0 bridgehead atoms. The fourth-order valence-corrected chi connectivity index (χ4v) is 4.60. The van der Waals surface area contributed by atoms with Gasteiger partial charge >= 0.3 is 12.3 Å². The molecule has 4 heterocycles. The van der Waals surface area contributed by atoms with E-state index in [9.17, 15) is 18.0 Å². The van der Waals surface area contributed by atoms with Crippen LogP contribution in [0.1, 0.15) is 5.56 Å². The minimum Gasteiger partial charge on any atom is -0.441 e. The normalized spacial score (nSPS) is 24.0. The van der Waals surface area contributed by atoms with Crippen LogP contribution in [-0.4, -0.2) is 53.6 Å². The molecule has 178 valence electrons. The molecule has 0 unspecified atom stereocenters. The summed E-state index contributed by atoms with van der Waals surface area (Å²) in [5, 5.41) is 7.51. The molecule has 0 aliphatic carbocycles. The number of nitrogens with one attached hydrogen (secondary N) is 2. The lowest BCUT2D eigenvalue weighted by Gasteiger charge is -2.18. The maximum absolute atomic E-state index is 12.9. The fourth-order valence-electron chi connectivity index (χ4n) is 3.90. The van der Waals surface area contributed by atoms with Crippen molar-refractivity contribution in [3.63, 3.8) is 0 Å². The van der Waals surface area contributed by atoms with Crippen LogP contribution in [0.3, 0.4) is 0 Å². The van der Waals surface area contributed by atoms with Crippen LogP contribution < -0.4 is 10.6 Å². The first-order chi connectivity index (χ1) is 16.4. The molecule has 2 aliphatic heterocycles. The minimum atomic E-state index is -4.51. The van der Waals surface area contributed by atoms with E-state index in [1.165, 1.54) is 12.1 Å². The summed E-state index contributed by atoms with van der Waals surface area (Å²) in [6.07, 6.45) is -5.37. The molecule has 0 radical (unpaired) electrons. The lowest BCUT2D eigenvalue weighted by atomic mass is 10.1. The van der Waals surface area contributed by atoms with Gasteiger partial charge in [0.25, 0.3) is 0 Å². The van der Waals surface area contributed by atoms with E-state index >= 15 is 0 Å². The summed E-state index contributed by atoms with van der Waals surface area (Å²) in [6.45, 7) is 0.386. The quantitative estimate of drug-likeness (QED) is 0.545. The minimum absolute atomic E-state index is 0.0232. The number of ether oxygens (including phenoxy) is 3. The molecule has 12 heteroatoms. The number of anilines is 2. The van der Waals surface area contributed by atoms with Crippen LogP contribution in [0, 0.1) is 0 Å². The average molecular weight is 492 g/mol. The Labute approximate surface area is 196 Å². The Morgan fingerprint density at radius 2 is 1.97 bits per heavy atom. The lowest BCUT2D eigenvalue weighted by Crippen LogP contribution is -2.38. The van der Waals surface area contributed by atoms with Gasteiger partial charge in [-0.05, 0) is 35.7 Å². The summed E-state index contributed by atoms with van der Waals surface area (Å²) in [5.74, 6) is 0.426. The Morgan fingerprint density at radius 3 is 2.76 bits per heavy atom. The first-order valence-electron chi connectivity index (χ1n) is 10.4. The number of carbonyl (C=O) groups is 1. The third-order valence-corrected chi connectivity index (χ3v) is 6.34. The van der Waals surface area contributed by atoms with E-state index in [0.717, 1.165) is 22.7 Å². The molecule has 5 rings (SSSR count). The molecule has 2 N–H and O–H groups in total.